The van der Waals surface area contributed by atoms with E-state index in [1.165, 1.54) is 6.26 Å². The molecular weight excluding hydrogens is 282 g/mol. The van der Waals surface area contributed by atoms with E-state index in [-0.39, 0.29) is 11.8 Å². The maximum atomic E-state index is 12.5. The molecule has 114 valence electrons. The number of carbonyl (C=O) groups is 2. The molecule has 0 aliphatic carbocycles. The third-order valence-electron chi connectivity index (χ3n) is 3.86. The molecule has 0 unspecified atom stereocenters. The molecule has 1 aliphatic heterocycles. The van der Waals surface area contributed by atoms with Crippen LogP contribution in [0.15, 0.2) is 41.3 Å². The van der Waals surface area contributed by atoms with Gasteiger partial charge in [-0.1, -0.05) is 0 Å². The van der Waals surface area contributed by atoms with Crippen molar-refractivity contribution in [2.45, 2.75) is 6.92 Å². The fourth-order valence-corrected chi connectivity index (χ4v) is 2.53. The normalized spacial score (nSPS) is 15.0. The van der Waals surface area contributed by atoms with Gasteiger partial charge >= 0.3 is 0 Å². The summed E-state index contributed by atoms with van der Waals surface area (Å²) in [5.41, 5.74) is 1.53. The zero-order valence-electron chi connectivity index (χ0n) is 12.4. The Balaban J connectivity index is 1.63. The summed E-state index contributed by atoms with van der Waals surface area (Å²) in [6.45, 7) is 3.93. The number of rotatable bonds is 2. The quantitative estimate of drug-likeness (QED) is 0.844. The zero-order valence-corrected chi connectivity index (χ0v) is 12.4. The molecule has 1 aliphatic rings. The van der Waals surface area contributed by atoms with Gasteiger partial charge in [-0.3, -0.25) is 14.6 Å². The third-order valence-corrected chi connectivity index (χ3v) is 3.86. The smallest absolute Gasteiger partial charge is 0.289 e. The van der Waals surface area contributed by atoms with E-state index in [1.54, 1.807) is 34.3 Å². The van der Waals surface area contributed by atoms with Crippen LogP contribution in [-0.2, 0) is 0 Å². The fraction of sp³-hybridized carbons (Fsp3) is 0.312. The zero-order chi connectivity index (χ0) is 15.5. The molecular formula is C16H17N3O3. The Morgan fingerprint density at radius 3 is 2.36 bits per heavy atom. The number of hydrogen-bond donors (Lipinski definition) is 0. The van der Waals surface area contributed by atoms with Crippen molar-refractivity contribution in [1.82, 2.24) is 14.8 Å². The van der Waals surface area contributed by atoms with Gasteiger partial charge in [0.05, 0.1) is 11.8 Å². The van der Waals surface area contributed by atoms with E-state index in [0.29, 0.717) is 37.5 Å². The molecule has 6 nitrogen and oxygen atoms in total. The predicted molar refractivity (Wildman–Crippen MR) is 79.5 cm³/mol. The van der Waals surface area contributed by atoms with Gasteiger partial charge in [0, 0.05) is 38.6 Å². The summed E-state index contributed by atoms with van der Waals surface area (Å²) in [5.74, 6) is 0.174. The SMILES string of the molecule is Cc1ccncc1C(=O)N1CCN(C(=O)c2ccco2)CC1. The number of amides is 2. The van der Waals surface area contributed by atoms with E-state index in [0.717, 1.165) is 5.56 Å². The Morgan fingerprint density at radius 1 is 1.09 bits per heavy atom. The summed E-state index contributed by atoms with van der Waals surface area (Å²) in [5, 5.41) is 0. The number of aryl methyl sites for hydroxylation is 1. The largest absolute Gasteiger partial charge is 0.459 e. The molecule has 0 atom stereocenters. The first-order valence-corrected chi connectivity index (χ1v) is 7.19. The average molecular weight is 299 g/mol. The summed E-state index contributed by atoms with van der Waals surface area (Å²) in [6.07, 6.45) is 4.75. The van der Waals surface area contributed by atoms with Crippen molar-refractivity contribution in [2.75, 3.05) is 26.2 Å². The van der Waals surface area contributed by atoms with Gasteiger partial charge < -0.3 is 14.2 Å². The van der Waals surface area contributed by atoms with Crippen LogP contribution in [-0.4, -0.2) is 52.8 Å². The number of aromatic nitrogens is 1. The maximum Gasteiger partial charge on any atom is 0.289 e. The molecule has 2 amide bonds. The average Bonchev–Trinajstić information content (AvgIpc) is 3.09. The van der Waals surface area contributed by atoms with Crippen LogP contribution in [0.5, 0.6) is 0 Å². The van der Waals surface area contributed by atoms with E-state index in [2.05, 4.69) is 4.98 Å². The molecule has 0 saturated carbocycles. The molecule has 0 radical (unpaired) electrons. The van der Waals surface area contributed by atoms with Crippen LogP contribution in [0.3, 0.4) is 0 Å². The molecule has 0 spiro atoms. The Hall–Kier alpha value is -2.63. The monoisotopic (exact) mass is 299 g/mol. The second-order valence-corrected chi connectivity index (χ2v) is 5.25. The van der Waals surface area contributed by atoms with Gasteiger partial charge in [-0.05, 0) is 30.7 Å². The van der Waals surface area contributed by atoms with Gasteiger partial charge in [-0.25, -0.2) is 0 Å². The van der Waals surface area contributed by atoms with Crippen LogP contribution in [0.2, 0.25) is 0 Å². The molecule has 1 fully saturated rings. The molecule has 1 saturated heterocycles. The van der Waals surface area contributed by atoms with Crippen LogP contribution >= 0.6 is 0 Å². The highest BCUT2D eigenvalue weighted by atomic mass is 16.3. The summed E-state index contributed by atoms with van der Waals surface area (Å²) in [4.78, 5) is 32.2. The minimum Gasteiger partial charge on any atom is -0.459 e. The first kappa shape index (κ1) is 14.3. The lowest BCUT2D eigenvalue weighted by Crippen LogP contribution is -2.50. The van der Waals surface area contributed by atoms with Crippen LogP contribution in [0.1, 0.15) is 26.5 Å². The summed E-state index contributed by atoms with van der Waals surface area (Å²) in [6, 6.07) is 5.17. The van der Waals surface area contributed by atoms with E-state index in [1.807, 2.05) is 13.0 Å². The van der Waals surface area contributed by atoms with Crippen LogP contribution < -0.4 is 0 Å². The van der Waals surface area contributed by atoms with Gasteiger partial charge in [-0.15, -0.1) is 0 Å². The Morgan fingerprint density at radius 2 is 1.77 bits per heavy atom. The summed E-state index contributed by atoms with van der Waals surface area (Å²) in [7, 11) is 0. The Labute approximate surface area is 128 Å². The summed E-state index contributed by atoms with van der Waals surface area (Å²) < 4.78 is 5.13. The molecule has 3 heterocycles. The van der Waals surface area contributed by atoms with E-state index < -0.39 is 0 Å². The summed E-state index contributed by atoms with van der Waals surface area (Å²) >= 11 is 0. The number of pyridine rings is 1. The van der Waals surface area contributed by atoms with Crippen molar-refractivity contribution >= 4 is 11.8 Å². The molecule has 0 aromatic carbocycles. The minimum atomic E-state index is -0.130. The molecule has 0 N–H and O–H groups in total. The molecule has 22 heavy (non-hydrogen) atoms. The Kier molecular flexibility index (Phi) is 3.91. The van der Waals surface area contributed by atoms with Crippen LogP contribution in [0.4, 0.5) is 0 Å². The maximum absolute atomic E-state index is 12.5. The molecule has 2 aromatic heterocycles. The molecule has 2 aromatic rings. The van der Waals surface area contributed by atoms with Gasteiger partial charge in [0.1, 0.15) is 0 Å². The molecule has 0 bridgehead atoms. The number of piperazine rings is 1. The lowest BCUT2D eigenvalue weighted by molar-refractivity contribution is 0.0517. The van der Waals surface area contributed by atoms with Gasteiger partial charge in [0.2, 0.25) is 0 Å². The lowest BCUT2D eigenvalue weighted by Gasteiger charge is -2.34. The lowest BCUT2D eigenvalue weighted by atomic mass is 10.1. The topological polar surface area (TPSA) is 66.7 Å². The highest BCUT2D eigenvalue weighted by Crippen LogP contribution is 2.13. The molecule has 6 heteroatoms. The first-order valence-electron chi connectivity index (χ1n) is 7.19. The predicted octanol–water partition coefficient (Wildman–Crippen LogP) is 1.58. The Bertz CT molecular complexity index is 674. The highest BCUT2D eigenvalue weighted by molar-refractivity contribution is 5.96. The minimum absolute atomic E-state index is 0.0318. The van der Waals surface area contributed by atoms with Crippen molar-refractivity contribution in [2.24, 2.45) is 0 Å². The highest BCUT2D eigenvalue weighted by Gasteiger charge is 2.27. The van der Waals surface area contributed by atoms with Crippen LogP contribution in [0, 0.1) is 6.92 Å². The second kappa shape index (κ2) is 6.01. The van der Waals surface area contributed by atoms with Crippen molar-refractivity contribution < 1.29 is 14.0 Å². The van der Waals surface area contributed by atoms with Crippen molar-refractivity contribution in [3.05, 3.63) is 53.7 Å². The second-order valence-electron chi connectivity index (χ2n) is 5.25. The van der Waals surface area contributed by atoms with Crippen LogP contribution in [0.25, 0.3) is 0 Å². The van der Waals surface area contributed by atoms with Gasteiger partial charge in [0.15, 0.2) is 5.76 Å². The molecule has 3 rings (SSSR count). The van der Waals surface area contributed by atoms with Crippen molar-refractivity contribution in [3.63, 3.8) is 0 Å². The van der Waals surface area contributed by atoms with Crippen molar-refractivity contribution in [1.29, 1.82) is 0 Å². The fourth-order valence-electron chi connectivity index (χ4n) is 2.53. The first-order chi connectivity index (χ1) is 10.7. The van der Waals surface area contributed by atoms with E-state index in [4.69, 9.17) is 4.42 Å². The van der Waals surface area contributed by atoms with E-state index in [9.17, 15) is 9.59 Å². The van der Waals surface area contributed by atoms with E-state index >= 15 is 0 Å². The van der Waals surface area contributed by atoms with Crippen molar-refractivity contribution in [3.8, 4) is 0 Å². The third kappa shape index (κ3) is 2.72. The van der Waals surface area contributed by atoms with Gasteiger partial charge in [0.25, 0.3) is 11.8 Å². The standard InChI is InChI=1S/C16H17N3O3/c1-12-4-5-17-11-13(12)15(20)18-6-8-19(9-7-18)16(21)14-3-2-10-22-14/h2-5,10-11H,6-9H2,1H3. The number of carbonyl (C=O) groups excluding carboxylic acids is 2. The number of hydrogen-bond acceptors (Lipinski definition) is 4. The van der Waals surface area contributed by atoms with Gasteiger partial charge in [-0.2, -0.15) is 0 Å². The number of furan rings is 1. The number of nitrogens with zero attached hydrogens (tertiary/aromatic N) is 3.